The van der Waals surface area contributed by atoms with Gasteiger partial charge < -0.3 is 4.90 Å². The van der Waals surface area contributed by atoms with Crippen molar-refractivity contribution in [2.75, 3.05) is 18.0 Å². The van der Waals surface area contributed by atoms with E-state index in [1.807, 2.05) is 48.5 Å². The second-order valence-corrected chi connectivity index (χ2v) is 6.37. The number of thiazole rings is 1. The lowest BCUT2D eigenvalue weighted by atomic mass is 10.1. The van der Waals surface area contributed by atoms with E-state index in [1.54, 1.807) is 11.3 Å². The molecule has 0 radical (unpaired) electrons. The van der Waals surface area contributed by atoms with E-state index in [0.717, 1.165) is 28.6 Å². The third kappa shape index (κ3) is 4.08. The summed E-state index contributed by atoms with van der Waals surface area (Å²) in [5, 5.41) is 1.08. The Kier molecular flexibility index (Phi) is 5.23. The van der Waals surface area contributed by atoms with E-state index >= 15 is 0 Å². The average Bonchev–Trinajstić information content (AvgIpc) is 3.07. The van der Waals surface area contributed by atoms with Gasteiger partial charge in [0.05, 0.1) is 4.70 Å². The molecule has 0 saturated carbocycles. The third-order valence-electron chi connectivity index (χ3n) is 3.68. The smallest absolute Gasteiger partial charge is 0.188 e. The maximum atomic E-state index is 5.34. The van der Waals surface area contributed by atoms with Crippen molar-refractivity contribution in [3.8, 4) is 12.3 Å². The van der Waals surface area contributed by atoms with Crippen LogP contribution in [0.5, 0.6) is 0 Å². The second kappa shape index (κ2) is 7.75. The van der Waals surface area contributed by atoms with Gasteiger partial charge in [-0.25, -0.2) is 4.98 Å². The second-order valence-electron chi connectivity index (χ2n) is 5.36. The van der Waals surface area contributed by atoms with Crippen molar-refractivity contribution < 1.29 is 0 Å². The van der Waals surface area contributed by atoms with Crippen LogP contribution >= 0.6 is 11.3 Å². The number of benzene rings is 1. The van der Waals surface area contributed by atoms with E-state index in [1.165, 1.54) is 19.3 Å². The molecule has 1 fully saturated rings. The number of rotatable bonds is 1. The van der Waals surface area contributed by atoms with Crippen molar-refractivity contribution in [3.05, 3.63) is 54.2 Å². The Hall–Kier alpha value is -2.38. The largest absolute Gasteiger partial charge is 0.348 e. The van der Waals surface area contributed by atoms with Crippen LogP contribution < -0.4 is 4.90 Å². The number of piperidine rings is 1. The molecule has 0 amide bonds. The molecule has 23 heavy (non-hydrogen) atoms. The molecule has 0 N–H and O–H groups in total. The summed E-state index contributed by atoms with van der Waals surface area (Å²) in [4.78, 5) is 11.3. The molecule has 2 aromatic heterocycles. The van der Waals surface area contributed by atoms with Gasteiger partial charge in [0.25, 0.3) is 0 Å². The Morgan fingerprint density at radius 1 is 0.913 bits per heavy atom. The number of aromatic nitrogens is 2. The van der Waals surface area contributed by atoms with Crippen molar-refractivity contribution in [3.63, 3.8) is 0 Å². The number of anilines is 1. The molecule has 0 bridgehead atoms. The zero-order valence-corrected chi connectivity index (χ0v) is 13.8. The molecule has 3 aromatic rings. The quantitative estimate of drug-likeness (QED) is 0.624. The molecule has 0 aliphatic carbocycles. The van der Waals surface area contributed by atoms with Crippen LogP contribution in [0, 0.1) is 12.3 Å². The summed E-state index contributed by atoms with van der Waals surface area (Å²) in [7, 11) is 0. The fourth-order valence-corrected chi connectivity index (χ4v) is 3.45. The molecule has 4 rings (SSSR count). The van der Waals surface area contributed by atoms with E-state index in [9.17, 15) is 0 Å². The molecule has 0 unspecified atom stereocenters. The van der Waals surface area contributed by atoms with Crippen molar-refractivity contribution in [2.45, 2.75) is 19.3 Å². The highest BCUT2D eigenvalue weighted by Gasteiger charge is 2.15. The molecule has 4 heteroatoms. The molecule has 0 atom stereocenters. The van der Waals surface area contributed by atoms with Gasteiger partial charge in [-0.3, -0.25) is 0 Å². The molecule has 1 aliphatic heterocycles. The molecule has 1 saturated heterocycles. The lowest BCUT2D eigenvalue weighted by Crippen LogP contribution is -2.29. The SMILES string of the molecule is C#Cc1ccc2sc(N3CCCCC3)nc2n1.c1ccccc1. The van der Waals surface area contributed by atoms with Crippen LogP contribution in [0.15, 0.2) is 48.5 Å². The normalized spacial score (nSPS) is 14.0. The summed E-state index contributed by atoms with van der Waals surface area (Å²) in [6.45, 7) is 2.23. The summed E-state index contributed by atoms with van der Waals surface area (Å²) in [5.41, 5.74) is 1.44. The summed E-state index contributed by atoms with van der Waals surface area (Å²) in [6, 6.07) is 15.9. The van der Waals surface area contributed by atoms with Crippen LogP contribution in [-0.4, -0.2) is 23.1 Å². The van der Waals surface area contributed by atoms with Crippen LogP contribution in [0.4, 0.5) is 5.13 Å². The zero-order chi connectivity index (χ0) is 15.9. The minimum atomic E-state index is 0.660. The van der Waals surface area contributed by atoms with E-state index in [2.05, 4.69) is 20.8 Å². The van der Waals surface area contributed by atoms with Gasteiger partial charge in [0.1, 0.15) is 5.69 Å². The van der Waals surface area contributed by atoms with Crippen molar-refractivity contribution in [1.29, 1.82) is 0 Å². The Bertz CT molecular complexity index is 757. The molecule has 1 aliphatic rings. The number of fused-ring (bicyclic) bond motifs is 1. The topological polar surface area (TPSA) is 29.0 Å². The molecule has 0 spiro atoms. The highest BCUT2D eigenvalue weighted by Crippen LogP contribution is 2.29. The molecular weight excluding hydrogens is 302 g/mol. The Labute approximate surface area is 141 Å². The van der Waals surface area contributed by atoms with Gasteiger partial charge in [0.15, 0.2) is 10.8 Å². The average molecular weight is 321 g/mol. The first-order valence-electron chi connectivity index (χ1n) is 7.86. The zero-order valence-electron chi connectivity index (χ0n) is 13.0. The van der Waals surface area contributed by atoms with Crippen LogP contribution in [-0.2, 0) is 0 Å². The Balaban J connectivity index is 0.000000220. The Morgan fingerprint density at radius 2 is 1.57 bits per heavy atom. The molecule has 3 heterocycles. The highest BCUT2D eigenvalue weighted by atomic mass is 32.1. The third-order valence-corrected chi connectivity index (χ3v) is 4.75. The first-order chi connectivity index (χ1) is 11.4. The van der Waals surface area contributed by atoms with Gasteiger partial charge in [0, 0.05) is 13.1 Å². The predicted molar refractivity (Wildman–Crippen MR) is 97.9 cm³/mol. The Morgan fingerprint density at radius 3 is 2.17 bits per heavy atom. The number of hydrogen-bond acceptors (Lipinski definition) is 4. The molecule has 1 aromatic carbocycles. The first-order valence-corrected chi connectivity index (χ1v) is 8.67. The van der Waals surface area contributed by atoms with Gasteiger partial charge in [-0.2, -0.15) is 4.98 Å². The lowest BCUT2D eigenvalue weighted by molar-refractivity contribution is 0.577. The standard InChI is InChI=1S/C13H13N3S.C6H6/c1-2-10-6-7-11-12(14-10)15-13(17-11)16-8-4-3-5-9-16;1-2-4-6-5-3-1/h1,6-7H,3-5,8-9H2;1-6H. The summed E-state index contributed by atoms with van der Waals surface area (Å²) >= 11 is 1.71. The molecule has 3 nitrogen and oxygen atoms in total. The fourth-order valence-electron chi connectivity index (χ4n) is 2.49. The molecule has 116 valence electrons. The summed E-state index contributed by atoms with van der Waals surface area (Å²) < 4.78 is 1.12. The minimum Gasteiger partial charge on any atom is -0.348 e. The monoisotopic (exact) mass is 321 g/mol. The number of terminal acetylenes is 1. The van der Waals surface area contributed by atoms with Gasteiger partial charge in [-0.15, -0.1) is 6.42 Å². The predicted octanol–water partition coefficient (Wildman–Crippen LogP) is 4.35. The highest BCUT2D eigenvalue weighted by molar-refractivity contribution is 7.22. The van der Waals surface area contributed by atoms with Gasteiger partial charge in [-0.05, 0) is 31.4 Å². The van der Waals surface area contributed by atoms with E-state index in [0.29, 0.717) is 5.69 Å². The minimum absolute atomic E-state index is 0.660. The van der Waals surface area contributed by atoms with Crippen LogP contribution in [0.3, 0.4) is 0 Å². The van der Waals surface area contributed by atoms with Crippen LogP contribution in [0.25, 0.3) is 10.3 Å². The van der Waals surface area contributed by atoms with Crippen LogP contribution in [0.2, 0.25) is 0 Å². The lowest BCUT2D eigenvalue weighted by Gasteiger charge is -2.25. The maximum Gasteiger partial charge on any atom is 0.188 e. The van der Waals surface area contributed by atoms with Gasteiger partial charge >= 0.3 is 0 Å². The van der Waals surface area contributed by atoms with E-state index in [4.69, 9.17) is 6.42 Å². The number of hydrogen-bond donors (Lipinski definition) is 0. The van der Waals surface area contributed by atoms with E-state index < -0.39 is 0 Å². The molecular formula is C19H19N3S. The van der Waals surface area contributed by atoms with Crippen molar-refractivity contribution in [2.24, 2.45) is 0 Å². The number of pyridine rings is 1. The van der Waals surface area contributed by atoms with Crippen molar-refractivity contribution >= 4 is 26.8 Å². The summed E-state index contributed by atoms with van der Waals surface area (Å²) in [5.74, 6) is 2.55. The van der Waals surface area contributed by atoms with Crippen molar-refractivity contribution in [1.82, 2.24) is 9.97 Å². The van der Waals surface area contributed by atoms with E-state index in [-0.39, 0.29) is 0 Å². The van der Waals surface area contributed by atoms with Gasteiger partial charge in [-0.1, -0.05) is 53.7 Å². The first kappa shape index (κ1) is 15.5. The van der Waals surface area contributed by atoms with Crippen LogP contribution in [0.1, 0.15) is 25.0 Å². The summed E-state index contributed by atoms with van der Waals surface area (Å²) in [6.07, 6.45) is 9.20. The van der Waals surface area contributed by atoms with Gasteiger partial charge in [0.2, 0.25) is 0 Å². The maximum absolute atomic E-state index is 5.34. The fraction of sp³-hybridized carbons (Fsp3) is 0.263. The number of nitrogens with zero attached hydrogens (tertiary/aromatic N) is 3.